The molecular weight excluding hydrogens is 116 g/mol. The van der Waals surface area contributed by atoms with Crippen LogP contribution in [-0.4, -0.2) is 11.1 Å². The summed E-state index contributed by atoms with van der Waals surface area (Å²) in [4.78, 5) is 10.4. The van der Waals surface area contributed by atoms with E-state index in [0.29, 0.717) is 0 Å². The molecule has 1 aliphatic carbocycles. The molecule has 1 atom stereocenters. The second kappa shape index (κ2) is 1.72. The van der Waals surface area contributed by atoms with Gasteiger partial charge in [-0.25, -0.2) is 0 Å². The number of hydrogen-bond donors (Lipinski definition) is 1. The van der Waals surface area contributed by atoms with Crippen LogP contribution in [0.25, 0.3) is 0 Å². The topological polar surface area (TPSA) is 37.3 Å². The fraction of sp³-hybridized carbons (Fsp3) is 0.857. The van der Waals surface area contributed by atoms with Crippen molar-refractivity contribution in [3.05, 3.63) is 0 Å². The first-order valence-corrected chi connectivity index (χ1v) is 3.27. The lowest BCUT2D eigenvalue weighted by Crippen LogP contribution is -2.39. The van der Waals surface area contributed by atoms with E-state index < -0.39 is 5.97 Å². The van der Waals surface area contributed by atoms with Gasteiger partial charge in [-0.1, -0.05) is 13.8 Å². The molecule has 1 N–H and O–H groups in total. The Morgan fingerprint density at radius 2 is 2.22 bits per heavy atom. The van der Waals surface area contributed by atoms with E-state index in [1.165, 1.54) is 0 Å². The van der Waals surface area contributed by atoms with Crippen molar-refractivity contribution >= 4 is 5.97 Å². The van der Waals surface area contributed by atoms with Gasteiger partial charge in [0.05, 0.1) is 5.92 Å². The maximum Gasteiger partial charge on any atom is 0.307 e. The van der Waals surface area contributed by atoms with Gasteiger partial charge in [0.15, 0.2) is 0 Å². The summed E-state index contributed by atoms with van der Waals surface area (Å²) in [5.41, 5.74) is 0.0613. The average Bonchev–Trinajstić information content (AvgIpc) is 1.62. The van der Waals surface area contributed by atoms with Crippen LogP contribution >= 0.6 is 0 Å². The molecule has 0 heterocycles. The summed E-state index contributed by atoms with van der Waals surface area (Å²) in [6.07, 6.45) is 1.92. The third kappa shape index (κ3) is 0.934. The van der Waals surface area contributed by atoms with Crippen LogP contribution in [0.3, 0.4) is 0 Å². The monoisotopic (exact) mass is 128 g/mol. The second-order valence-corrected chi connectivity index (χ2v) is 3.42. The van der Waals surface area contributed by atoms with E-state index in [-0.39, 0.29) is 11.3 Å². The van der Waals surface area contributed by atoms with Crippen LogP contribution in [-0.2, 0) is 4.79 Å². The highest BCUT2D eigenvalue weighted by molar-refractivity contribution is 5.72. The summed E-state index contributed by atoms with van der Waals surface area (Å²) in [6.45, 7) is 4.02. The van der Waals surface area contributed by atoms with Gasteiger partial charge < -0.3 is 5.11 Å². The minimum Gasteiger partial charge on any atom is -0.481 e. The van der Waals surface area contributed by atoms with E-state index in [4.69, 9.17) is 5.11 Å². The van der Waals surface area contributed by atoms with Crippen molar-refractivity contribution < 1.29 is 9.90 Å². The zero-order valence-corrected chi connectivity index (χ0v) is 5.85. The van der Waals surface area contributed by atoms with Crippen LogP contribution in [0.15, 0.2) is 0 Å². The molecule has 1 fully saturated rings. The number of rotatable bonds is 1. The summed E-state index contributed by atoms with van der Waals surface area (Å²) in [5, 5.41) is 8.57. The molecule has 0 aromatic carbocycles. The number of carboxylic acids is 1. The molecule has 2 nitrogen and oxygen atoms in total. The molecule has 0 saturated heterocycles. The molecule has 0 spiro atoms. The summed E-state index contributed by atoms with van der Waals surface area (Å²) in [6, 6.07) is 0. The van der Waals surface area contributed by atoms with Crippen LogP contribution in [0.1, 0.15) is 26.7 Å². The Balaban J connectivity index is 2.55. The zero-order valence-electron chi connectivity index (χ0n) is 5.85. The molecule has 0 unspecified atom stereocenters. The highest BCUT2D eigenvalue weighted by Gasteiger charge is 2.43. The van der Waals surface area contributed by atoms with Crippen molar-refractivity contribution in [1.29, 1.82) is 0 Å². The van der Waals surface area contributed by atoms with Gasteiger partial charge in [0.1, 0.15) is 0 Å². The molecule has 0 amide bonds. The van der Waals surface area contributed by atoms with Gasteiger partial charge in [0, 0.05) is 0 Å². The van der Waals surface area contributed by atoms with Crippen molar-refractivity contribution in [3.63, 3.8) is 0 Å². The molecule has 52 valence electrons. The predicted octanol–water partition coefficient (Wildman–Crippen LogP) is 1.51. The SMILES string of the molecule is CC1(C)CC[C@@H]1C(=O)O. The van der Waals surface area contributed by atoms with Crippen molar-refractivity contribution in [3.8, 4) is 0 Å². The van der Waals surface area contributed by atoms with Gasteiger partial charge >= 0.3 is 5.97 Å². The predicted molar refractivity (Wildman–Crippen MR) is 34.1 cm³/mol. The number of carboxylic acid groups (broad SMARTS) is 1. The van der Waals surface area contributed by atoms with Gasteiger partial charge in [-0.2, -0.15) is 0 Å². The van der Waals surface area contributed by atoms with Crippen molar-refractivity contribution in [2.75, 3.05) is 0 Å². The lowest BCUT2D eigenvalue weighted by Gasteiger charge is -2.41. The molecule has 1 rings (SSSR count). The highest BCUT2D eigenvalue weighted by Crippen LogP contribution is 2.45. The summed E-state index contributed by atoms with van der Waals surface area (Å²) in [7, 11) is 0. The Hall–Kier alpha value is -0.530. The molecule has 9 heavy (non-hydrogen) atoms. The van der Waals surface area contributed by atoms with Crippen LogP contribution in [0.5, 0.6) is 0 Å². The summed E-state index contributed by atoms with van der Waals surface area (Å²) < 4.78 is 0. The minimum absolute atomic E-state index is 0.0613. The highest BCUT2D eigenvalue weighted by atomic mass is 16.4. The van der Waals surface area contributed by atoms with E-state index >= 15 is 0 Å². The van der Waals surface area contributed by atoms with Crippen molar-refractivity contribution in [2.24, 2.45) is 11.3 Å². The fourth-order valence-electron chi connectivity index (χ4n) is 1.32. The first-order chi connectivity index (χ1) is 4.04. The normalized spacial score (nSPS) is 31.1. The Bertz CT molecular complexity index is 138. The molecule has 0 aromatic heterocycles. The number of carbonyl (C=O) groups is 1. The molecule has 1 saturated carbocycles. The maximum absolute atomic E-state index is 10.4. The third-order valence-electron chi connectivity index (χ3n) is 2.32. The van der Waals surface area contributed by atoms with E-state index in [9.17, 15) is 4.79 Å². The second-order valence-electron chi connectivity index (χ2n) is 3.42. The zero-order chi connectivity index (χ0) is 7.07. The number of hydrogen-bond acceptors (Lipinski definition) is 1. The maximum atomic E-state index is 10.4. The Morgan fingerprint density at radius 3 is 2.22 bits per heavy atom. The molecule has 0 aromatic rings. The first-order valence-electron chi connectivity index (χ1n) is 3.27. The molecule has 0 aliphatic heterocycles. The molecular formula is C7H12O2. The Kier molecular flexibility index (Phi) is 1.26. The van der Waals surface area contributed by atoms with E-state index in [1.54, 1.807) is 0 Å². The van der Waals surface area contributed by atoms with Gasteiger partial charge in [-0.05, 0) is 18.3 Å². The minimum atomic E-state index is -0.633. The third-order valence-corrected chi connectivity index (χ3v) is 2.32. The Morgan fingerprint density at radius 1 is 1.67 bits per heavy atom. The smallest absolute Gasteiger partial charge is 0.307 e. The van der Waals surface area contributed by atoms with Gasteiger partial charge in [-0.15, -0.1) is 0 Å². The number of aliphatic carboxylic acids is 1. The van der Waals surface area contributed by atoms with Crippen LogP contribution in [0, 0.1) is 11.3 Å². The Labute approximate surface area is 54.9 Å². The van der Waals surface area contributed by atoms with Crippen LogP contribution in [0.2, 0.25) is 0 Å². The largest absolute Gasteiger partial charge is 0.481 e. The molecule has 0 radical (unpaired) electrons. The van der Waals surface area contributed by atoms with E-state index in [1.807, 2.05) is 13.8 Å². The van der Waals surface area contributed by atoms with Crippen molar-refractivity contribution in [1.82, 2.24) is 0 Å². The van der Waals surface area contributed by atoms with E-state index in [2.05, 4.69) is 0 Å². The molecule has 2 heteroatoms. The molecule has 0 bridgehead atoms. The fourth-order valence-corrected chi connectivity index (χ4v) is 1.32. The summed E-state index contributed by atoms with van der Waals surface area (Å²) in [5.74, 6) is -0.719. The van der Waals surface area contributed by atoms with Crippen LogP contribution < -0.4 is 0 Å². The van der Waals surface area contributed by atoms with Gasteiger partial charge in [0.25, 0.3) is 0 Å². The average molecular weight is 128 g/mol. The van der Waals surface area contributed by atoms with Gasteiger partial charge in [0.2, 0.25) is 0 Å². The quantitative estimate of drug-likeness (QED) is 0.581. The van der Waals surface area contributed by atoms with E-state index in [0.717, 1.165) is 12.8 Å². The summed E-state index contributed by atoms with van der Waals surface area (Å²) >= 11 is 0. The molecule has 1 aliphatic rings. The van der Waals surface area contributed by atoms with Gasteiger partial charge in [-0.3, -0.25) is 4.79 Å². The van der Waals surface area contributed by atoms with Crippen LogP contribution in [0.4, 0.5) is 0 Å². The standard InChI is InChI=1S/C7H12O2/c1-7(2)4-3-5(7)6(8)9/h5H,3-4H2,1-2H3,(H,8,9)/t5-/m1/s1. The lowest BCUT2D eigenvalue weighted by molar-refractivity contribution is -0.152. The first kappa shape index (κ1) is 6.59. The van der Waals surface area contributed by atoms with Crippen molar-refractivity contribution in [2.45, 2.75) is 26.7 Å². The lowest BCUT2D eigenvalue weighted by atomic mass is 9.63.